The number of hydrogen-bond donors (Lipinski definition) is 0. The molecule has 0 amide bonds. The van der Waals surface area contributed by atoms with Gasteiger partial charge in [-0.15, -0.1) is 0 Å². The smallest absolute Gasteiger partial charge is 0.255 e. The van der Waals surface area contributed by atoms with Crippen LogP contribution in [0, 0.1) is 0 Å². The molecule has 76 valence electrons. The standard InChI is InChI=1S/C10H12O3S/c1-10(2)8-6-4-3-5-7-9(8)14(11,12)13-10/h3-4,6-7H,5H2,1-2H3. The van der Waals surface area contributed by atoms with Gasteiger partial charge in [-0.25, -0.2) is 0 Å². The minimum Gasteiger partial charge on any atom is -0.255 e. The lowest BCUT2D eigenvalue weighted by Crippen LogP contribution is -2.20. The molecule has 0 N–H and O–H groups in total. The lowest BCUT2D eigenvalue weighted by molar-refractivity contribution is 0.179. The van der Waals surface area contributed by atoms with Crippen molar-refractivity contribution >= 4 is 10.1 Å². The molecule has 2 aliphatic rings. The molecule has 0 aromatic rings. The number of allylic oxidation sites excluding steroid dienone is 4. The highest BCUT2D eigenvalue weighted by Gasteiger charge is 2.44. The Kier molecular flexibility index (Phi) is 1.94. The van der Waals surface area contributed by atoms with Crippen molar-refractivity contribution in [3.63, 3.8) is 0 Å². The number of rotatable bonds is 0. The summed E-state index contributed by atoms with van der Waals surface area (Å²) in [4.78, 5) is 0.326. The van der Waals surface area contributed by atoms with E-state index in [0.29, 0.717) is 11.3 Å². The third-order valence-corrected chi connectivity index (χ3v) is 3.90. The van der Waals surface area contributed by atoms with Crippen LogP contribution in [0.15, 0.2) is 34.8 Å². The van der Waals surface area contributed by atoms with E-state index in [4.69, 9.17) is 4.18 Å². The predicted octanol–water partition coefficient (Wildman–Crippen LogP) is 1.90. The van der Waals surface area contributed by atoms with E-state index in [1.807, 2.05) is 18.2 Å². The molecule has 0 atom stereocenters. The van der Waals surface area contributed by atoms with Gasteiger partial charge >= 0.3 is 0 Å². The maximum atomic E-state index is 11.6. The molecule has 0 unspecified atom stereocenters. The van der Waals surface area contributed by atoms with Gasteiger partial charge in [-0.1, -0.05) is 24.3 Å². The minimum absolute atomic E-state index is 0.326. The molecule has 0 aromatic heterocycles. The summed E-state index contributed by atoms with van der Waals surface area (Å²) in [5.74, 6) is 0. The van der Waals surface area contributed by atoms with E-state index in [1.165, 1.54) is 0 Å². The van der Waals surface area contributed by atoms with Crippen LogP contribution in [0.5, 0.6) is 0 Å². The van der Waals surface area contributed by atoms with Gasteiger partial charge in [-0.2, -0.15) is 8.42 Å². The third-order valence-electron chi connectivity index (χ3n) is 2.34. The summed E-state index contributed by atoms with van der Waals surface area (Å²) in [7, 11) is -3.53. The summed E-state index contributed by atoms with van der Waals surface area (Å²) < 4.78 is 28.3. The third kappa shape index (κ3) is 1.35. The zero-order valence-electron chi connectivity index (χ0n) is 8.15. The van der Waals surface area contributed by atoms with Crippen molar-refractivity contribution < 1.29 is 12.6 Å². The Labute approximate surface area is 83.9 Å². The summed E-state index contributed by atoms with van der Waals surface area (Å²) in [6, 6.07) is 0. The topological polar surface area (TPSA) is 43.4 Å². The normalized spacial score (nSPS) is 27.6. The monoisotopic (exact) mass is 212 g/mol. The molecular formula is C10H12O3S. The summed E-state index contributed by atoms with van der Waals surface area (Å²) >= 11 is 0. The van der Waals surface area contributed by atoms with Gasteiger partial charge < -0.3 is 0 Å². The molecule has 0 spiro atoms. The molecule has 1 heterocycles. The van der Waals surface area contributed by atoms with Gasteiger partial charge in [0.2, 0.25) is 0 Å². The zero-order valence-corrected chi connectivity index (χ0v) is 8.97. The quantitative estimate of drug-likeness (QED) is 0.576. The van der Waals surface area contributed by atoms with Crippen LogP contribution in [0.4, 0.5) is 0 Å². The Balaban J connectivity index is 2.66. The molecule has 2 rings (SSSR count). The van der Waals surface area contributed by atoms with Crippen LogP contribution in [0.25, 0.3) is 0 Å². The van der Waals surface area contributed by atoms with Crippen LogP contribution in [0.1, 0.15) is 20.3 Å². The van der Waals surface area contributed by atoms with Crippen LogP contribution in [0.3, 0.4) is 0 Å². The van der Waals surface area contributed by atoms with Gasteiger partial charge in [-0.05, 0) is 20.3 Å². The molecule has 14 heavy (non-hydrogen) atoms. The zero-order chi connectivity index (χ0) is 10.4. The molecule has 0 bridgehead atoms. The first-order chi connectivity index (χ1) is 6.43. The second-order valence-electron chi connectivity index (χ2n) is 3.86. The van der Waals surface area contributed by atoms with Crippen molar-refractivity contribution in [1.82, 2.24) is 0 Å². The molecule has 4 heteroatoms. The fourth-order valence-electron chi connectivity index (χ4n) is 1.71. The summed E-state index contributed by atoms with van der Waals surface area (Å²) in [5.41, 5.74) is 0.00514. The SMILES string of the molecule is CC1(C)OS(=O)(=O)C2=CCC=CC=C21. The average Bonchev–Trinajstić information content (AvgIpc) is 2.27. The number of fused-ring (bicyclic) bond motifs is 1. The predicted molar refractivity (Wildman–Crippen MR) is 54.0 cm³/mol. The van der Waals surface area contributed by atoms with Crippen LogP contribution < -0.4 is 0 Å². The van der Waals surface area contributed by atoms with Crippen LogP contribution in [-0.4, -0.2) is 14.0 Å². The second-order valence-corrected chi connectivity index (χ2v) is 5.38. The highest BCUT2D eigenvalue weighted by atomic mass is 32.2. The van der Waals surface area contributed by atoms with Crippen molar-refractivity contribution in [3.8, 4) is 0 Å². The Morgan fingerprint density at radius 1 is 1.43 bits per heavy atom. The second kappa shape index (κ2) is 2.81. The Morgan fingerprint density at radius 3 is 2.86 bits per heavy atom. The molecule has 0 saturated carbocycles. The molecule has 3 nitrogen and oxygen atoms in total. The van der Waals surface area contributed by atoms with Crippen molar-refractivity contribution in [2.75, 3.05) is 0 Å². The molecule has 1 fully saturated rings. The van der Waals surface area contributed by atoms with E-state index in [2.05, 4.69) is 0 Å². The van der Waals surface area contributed by atoms with Gasteiger partial charge in [0.05, 0.1) is 4.91 Å². The molecule has 0 aromatic carbocycles. The Bertz CT molecular complexity index is 450. The molecule has 1 aliphatic heterocycles. The lowest BCUT2D eigenvalue weighted by Gasteiger charge is -2.15. The fraction of sp³-hybridized carbons (Fsp3) is 0.400. The molecular weight excluding hydrogens is 200 g/mol. The van der Waals surface area contributed by atoms with E-state index in [0.717, 1.165) is 5.57 Å². The van der Waals surface area contributed by atoms with Crippen LogP contribution in [-0.2, 0) is 14.3 Å². The summed E-state index contributed by atoms with van der Waals surface area (Å²) in [6.45, 7) is 3.52. The molecule has 1 saturated heterocycles. The Hall–Kier alpha value is -0.870. The van der Waals surface area contributed by atoms with E-state index in [1.54, 1.807) is 19.9 Å². The van der Waals surface area contributed by atoms with Gasteiger partial charge in [0, 0.05) is 5.57 Å². The Morgan fingerprint density at radius 2 is 2.14 bits per heavy atom. The van der Waals surface area contributed by atoms with Crippen molar-refractivity contribution in [2.45, 2.75) is 25.9 Å². The van der Waals surface area contributed by atoms with E-state index >= 15 is 0 Å². The van der Waals surface area contributed by atoms with Gasteiger partial charge in [0.1, 0.15) is 5.60 Å². The van der Waals surface area contributed by atoms with Crippen LogP contribution >= 0.6 is 0 Å². The van der Waals surface area contributed by atoms with Crippen LogP contribution in [0.2, 0.25) is 0 Å². The first-order valence-electron chi connectivity index (χ1n) is 4.47. The van der Waals surface area contributed by atoms with E-state index < -0.39 is 15.7 Å². The highest BCUT2D eigenvalue weighted by Crippen LogP contribution is 2.41. The van der Waals surface area contributed by atoms with E-state index in [-0.39, 0.29) is 0 Å². The highest BCUT2D eigenvalue weighted by molar-refractivity contribution is 7.91. The van der Waals surface area contributed by atoms with Gasteiger partial charge in [-0.3, -0.25) is 4.18 Å². The molecule has 1 aliphatic carbocycles. The van der Waals surface area contributed by atoms with Crippen molar-refractivity contribution in [3.05, 3.63) is 34.8 Å². The van der Waals surface area contributed by atoms with Gasteiger partial charge in [0.15, 0.2) is 0 Å². The van der Waals surface area contributed by atoms with Crippen molar-refractivity contribution in [2.24, 2.45) is 0 Å². The number of hydrogen-bond acceptors (Lipinski definition) is 3. The summed E-state index contributed by atoms with van der Waals surface area (Å²) in [5, 5.41) is 0. The lowest BCUT2D eigenvalue weighted by atomic mass is 9.97. The first kappa shape index (κ1) is 9.68. The first-order valence-corrected chi connectivity index (χ1v) is 5.88. The fourth-order valence-corrected chi connectivity index (χ4v) is 3.32. The molecule has 0 radical (unpaired) electrons. The largest absolute Gasteiger partial charge is 0.297 e. The summed E-state index contributed by atoms with van der Waals surface area (Å²) in [6.07, 6.45) is 7.92. The minimum atomic E-state index is -3.53. The maximum Gasteiger partial charge on any atom is 0.297 e. The van der Waals surface area contributed by atoms with Gasteiger partial charge in [0.25, 0.3) is 10.1 Å². The van der Waals surface area contributed by atoms with Crippen molar-refractivity contribution in [1.29, 1.82) is 0 Å². The maximum absolute atomic E-state index is 11.6. The van der Waals surface area contributed by atoms with E-state index in [9.17, 15) is 8.42 Å². The average molecular weight is 212 g/mol.